The first-order chi connectivity index (χ1) is 12.0. The lowest BCUT2D eigenvalue weighted by atomic mass is 10.2. The molecule has 0 spiro atoms. The molecule has 0 aliphatic heterocycles. The molecular weight excluding hydrogens is 389 g/mol. The van der Waals surface area contributed by atoms with Gasteiger partial charge in [0.25, 0.3) is 0 Å². The number of carboxylic acid groups (broad SMARTS) is 1. The van der Waals surface area contributed by atoms with Crippen molar-refractivity contribution in [3.63, 3.8) is 0 Å². The molecule has 1 aromatic carbocycles. The Kier molecular flexibility index (Phi) is 6.64. The lowest BCUT2D eigenvalue weighted by Crippen LogP contribution is -2.24. The topological polar surface area (TPSA) is 86.6 Å². The number of rotatable bonds is 6. The van der Waals surface area contributed by atoms with Gasteiger partial charge >= 0.3 is 0 Å². The zero-order valence-electron chi connectivity index (χ0n) is 12.8. The zero-order valence-corrected chi connectivity index (χ0v) is 15.1. The summed E-state index contributed by atoms with van der Waals surface area (Å²) in [6.45, 7) is 0. The van der Waals surface area contributed by atoms with Gasteiger partial charge in [-0.05, 0) is 18.2 Å². The Morgan fingerprint density at radius 3 is 2.68 bits per heavy atom. The highest BCUT2D eigenvalue weighted by atomic mass is 35.5. The van der Waals surface area contributed by atoms with E-state index in [1.165, 1.54) is 6.21 Å². The minimum Gasteiger partial charge on any atom is -0.543 e. The number of allylic oxidation sites excluding steroid dienone is 1. The number of benzene rings is 1. The second kappa shape index (κ2) is 8.71. The van der Waals surface area contributed by atoms with Crippen LogP contribution in [0, 0.1) is 0 Å². The summed E-state index contributed by atoms with van der Waals surface area (Å²) in [5.41, 5.74) is 2.89. The number of nitrogens with zero attached hydrogens (tertiary/aromatic N) is 2. The maximum Gasteiger partial charge on any atom is 0.150 e. The minimum absolute atomic E-state index is 0.0180. The number of aromatic nitrogens is 1. The van der Waals surface area contributed by atoms with Crippen molar-refractivity contribution in [1.82, 2.24) is 4.98 Å². The number of carboxylic acids is 1. The average molecular weight is 400 g/mol. The van der Waals surface area contributed by atoms with Crippen molar-refractivity contribution in [2.45, 2.75) is 0 Å². The first kappa shape index (κ1) is 19.1. The molecule has 0 saturated carbocycles. The first-order valence-electron chi connectivity index (χ1n) is 6.80. The molecule has 0 atom stereocenters. The van der Waals surface area contributed by atoms with Gasteiger partial charge in [0, 0.05) is 11.8 Å². The third-order valence-electron chi connectivity index (χ3n) is 2.98. The molecule has 0 aliphatic rings. The number of carbonyl (C=O) groups excluding carboxylic acids is 1. The van der Waals surface area contributed by atoms with E-state index in [1.807, 2.05) is 24.3 Å². The molecule has 1 N–H and O–H groups in total. The highest BCUT2D eigenvalue weighted by Crippen LogP contribution is 2.36. The number of hydrazone groups is 1. The zero-order chi connectivity index (χ0) is 18.4. The van der Waals surface area contributed by atoms with E-state index in [4.69, 9.17) is 39.5 Å². The average Bonchev–Trinajstić information content (AvgIpc) is 2.60. The number of nitrogens with one attached hydrogen (secondary N) is 1. The molecule has 2 rings (SSSR count). The minimum atomic E-state index is -1.58. The van der Waals surface area contributed by atoms with E-state index in [0.717, 1.165) is 5.56 Å². The number of carbonyl (C=O) groups is 1. The van der Waals surface area contributed by atoms with Gasteiger partial charge in [0.05, 0.1) is 23.8 Å². The molecule has 25 heavy (non-hydrogen) atoms. The van der Waals surface area contributed by atoms with Gasteiger partial charge in [-0.3, -0.25) is 5.43 Å². The van der Waals surface area contributed by atoms with Crippen LogP contribution in [0.1, 0.15) is 16.1 Å². The van der Waals surface area contributed by atoms with Crippen molar-refractivity contribution in [3.8, 4) is 5.75 Å². The summed E-state index contributed by atoms with van der Waals surface area (Å²) < 4.78 is 5.22. The van der Waals surface area contributed by atoms with Crippen molar-refractivity contribution >= 4 is 58.8 Å². The Morgan fingerprint density at radius 2 is 2.00 bits per heavy atom. The van der Waals surface area contributed by atoms with Crippen LogP contribution in [-0.2, 0) is 0 Å². The van der Waals surface area contributed by atoms with Crippen molar-refractivity contribution in [1.29, 1.82) is 0 Å². The maximum absolute atomic E-state index is 11.0. The molecule has 0 unspecified atom stereocenters. The molecule has 6 nitrogen and oxygen atoms in total. The van der Waals surface area contributed by atoms with E-state index in [2.05, 4.69) is 15.5 Å². The third-order valence-corrected chi connectivity index (χ3v) is 4.09. The molecule has 0 saturated heterocycles. The fourth-order valence-corrected chi connectivity index (χ4v) is 2.51. The monoisotopic (exact) mass is 398 g/mol. The summed E-state index contributed by atoms with van der Waals surface area (Å²) in [4.78, 5) is 14.5. The van der Waals surface area contributed by atoms with Crippen LogP contribution in [0.2, 0.25) is 15.2 Å². The summed E-state index contributed by atoms with van der Waals surface area (Å²) in [6.07, 6.45) is 4.85. The molecule has 0 aliphatic carbocycles. The van der Waals surface area contributed by atoms with E-state index >= 15 is 0 Å². The number of methoxy groups -OCH3 is 1. The fourth-order valence-electron chi connectivity index (χ4n) is 1.84. The normalized spacial score (nSPS) is 11.2. The largest absolute Gasteiger partial charge is 0.543 e. The van der Waals surface area contributed by atoms with Crippen LogP contribution in [0.5, 0.6) is 5.75 Å². The number of pyridine rings is 1. The van der Waals surface area contributed by atoms with Crippen molar-refractivity contribution in [2.75, 3.05) is 12.5 Å². The lowest BCUT2D eigenvalue weighted by Gasteiger charge is -2.11. The van der Waals surface area contributed by atoms with E-state index in [-0.39, 0.29) is 20.9 Å². The van der Waals surface area contributed by atoms with Crippen LogP contribution < -0.4 is 15.3 Å². The Labute approximate surface area is 158 Å². The molecular formula is C16H11Cl3N3O3-. The summed E-state index contributed by atoms with van der Waals surface area (Å²) >= 11 is 17.7. The highest BCUT2D eigenvalue weighted by Gasteiger charge is 2.16. The summed E-state index contributed by atoms with van der Waals surface area (Å²) in [5, 5.41) is 14.4. The predicted molar refractivity (Wildman–Crippen MR) is 97.7 cm³/mol. The fraction of sp³-hybridized carbons (Fsp3) is 0.0625. The molecule has 2 aromatic rings. The summed E-state index contributed by atoms with van der Waals surface area (Å²) in [6, 6.07) is 7.43. The molecule has 0 bridgehead atoms. The molecule has 0 amide bonds. The Balaban J connectivity index is 2.17. The lowest BCUT2D eigenvalue weighted by molar-refractivity contribution is -0.255. The van der Waals surface area contributed by atoms with Crippen LogP contribution >= 0.6 is 34.8 Å². The van der Waals surface area contributed by atoms with Crippen LogP contribution in [0.4, 0.5) is 5.69 Å². The van der Waals surface area contributed by atoms with E-state index in [9.17, 15) is 9.90 Å². The number of halogens is 3. The number of hydrogen-bond acceptors (Lipinski definition) is 6. The van der Waals surface area contributed by atoms with E-state index < -0.39 is 11.7 Å². The molecule has 9 heteroatoms. The number of para-hydroxylation sites is 1. The van der Waals surface area contributed by atoms with Gasteiger partial charge in [-0.25, -0.2) is 4.98 Å². The van der Waals surface area contributed by atoms with E-state index in [0.29, 0.717) is 5.75 Å². The number of ether oxygens (including phenoxy) is 1. The second-order valence-electron chi connectivity index (χ2n) is 4.53. The van der Waals surface area contributed by atoms with Gasteiger partial charge in [-0.1, -0.05) is 53.0 Å². The van der Waals surface area contributed by atoms with Crippen LogP contribution in [0.25, 0.3) is 6.08 Å². The van der Waals surface area contributed by atoms with Gasteiger partial charge in [0.15, 0.2) is 5.15 Å². The molecule has 130 valence electrons. The van der Waals surface area contributed by atoms with Crippen LogP contribution in [0.15, 0.2) is 35.4 Å². The Hall–Kier alpha value is -2.28. The van der Waals surface area contributed by atoms with Gasteiger partial charge in [0.1, 0.15) is 16.5 Å². The molecule has 0 fully saturated rings. The van der Waals surface area contributed by atoms with Gasteiger partial charge in [-0.15, -0.1) is 0 Å². The summed E-state index contributed by atoms with van der Waals surface area (Å²) in [7, 11) is 1.58. The van der Waals surface area contributed by atoms with Crippen LogP contribution in [0.3, 0.4) is 0 Å². The van der Waals surface area contributed by atoms with E-state index in [1.54, 1.807) is 19.3 Å². The van der Waals surface area contributed by atoms with Crippen LogP contribution in [-0.4, -0.2) is 24.3 Å². The third kappa shape index (κ3) is 4.63. The predicted octanol–water partition coefficient (Wildman–Crippen LogP) is 3.53. The Bertz CT molecular complexity index is 854. The number of aromatic carboxylic acids is 1. The summed E-state index contributed by atoms with van der Waals surface area (Å²) in [5.74, 6) is -0.864. The van der Waals surface area contributed by atoms with Gasteiger partial charge < -0.3 is 14.6 Å². The highest BCUT2D eigenvalue weighted by molar-refractivity contribution is 6.46. The second-order valence-corrected chi connectivity index (χ2v) is 5.65. The maximum atomic E-state index is 11.0. The first-order valence-corrected chi connectivity index (χ1v) is 7.93. The van der Waals surface area contributed by atoms with Crippen molar-refractivity contribution in [3.05, 3.63) is 56.8 Å². The molecule has 0 radical (unpaired) electrons. The number of anilines is 1. The standard InChI is InChI=1S/C16H12Cl3N3O3/c1-25-10-7-3-2-5-9(10)6-4-8-20-22-13-11(17)14(16(23)24)21-15(19)12(13)18/h2-8H,1H3,(H,21,22)(H,23,24)/p-1/b6-4+,20-8-. The smallest absolute Gasteiger partial charge is 0.150 e. The SMILES string of the molecule is COc1ccccc1/C=C/C=N\Nc1c(Cl)c(Cl)nc(C(=O)[O-])c1Cl. The molecule has 1 heterocycles. The van der Waals surface area contributed by atoms with Crippen molar-refractivity contribution in [2.24, 2.45) is 5.10 Å². The molecule has 1 aromatic heterocycles. The van der Waals surface area contributed by atoms with Crippen molar-refractivity contribution < 1.29 is 14.6 Å². The van der Waals surface area contributed by atoms with Gasteiger partial charge in [-0.2, -0.15) is 5.10 Å². The Morgan fingerprint density at radius 1 is 1.28 bits per heavy atom. The van der Waals surface area contributed by atoms with Gasteiger partial charge in [0.2, 0.25) is 0 Å². The number of hydrogen-bond donors (Lipinski definition) is 1. The quantitative estimate of drug-likeness (QED) is 0.456.